The molecular weight excluding hydrogens is 430 g/mol. The minimum absolute atomic E-state index is 0.111. The molecule has 4 rings (SSSR count). The Labute approximate surface area is 201 Å². The number of aliphatic hydroxyl groups excluding tert-OH is 1. The maximum absolute atomic E-state index is 12.8. The number of carbonyl (C=O) groups is 2. The van der Waals surface area contributed by atoms with Crippen molar-refractivity contribution < 1.29 is 14.7 Å². The van der Waals surface area contributed by atoms with Crippen molar-refractivity contribution in [1.82, 2.24) is 20.5 Å². The van der Waals surface area contributed by atoms with Gasteiger partial charge in [-0.2, -0.15) is 0 Å². The van der Waals surface area contributed by atoms with E-state index in [1.165, 1.54) is 0 Å². The molecule has 1 saturated carbocycles. The fraction of sp³-hybridized carbons (Fsp3) is 0.577. The number of piperidine rings is 1. The first-order chi connectivity index (χ1) is 16.4. The molecule has 1 saturated heterocycles. The van der Waals surface area contributed by atoms with Gasteiger partial charge in [-0.05, 0) is 50.5 Å². The van der Waals surface area contributed by atoms with Crippen LogP contribution in [-0.2, 0) is 4.79 Å². The van der Waals surface area contributed by atoms with Crippen molar-refractivity contribution in [3.8, 4) is 0 Å². The Balaban J connectivity index is 1.22. The van der Waals surface area contributed by atoms with Crippen LogP contribution in [0.3, 0.4) is 0 Å². The standard InChI is InChI=1S/C26H37N5O3/c1-17-24(7-10-27-25(17)30-21-8-11-31(12-9-21)18(2)32)26(34)29-16-23(33)15-28-22-13-19-5-3-4-6-20(19)14-22/h3-7,10,19-23,28,33H,8-9,11-16H2,1-2H3,(H,27,30)(H,29,34)/t19?,20?,22?,23-/m0/s1. The maximum Gasteiger partial charge on any atom is 0.251 e. The van der Waals surface area contributed by atoms with Crippen molar-refractivity contribution in [3.63, 3.8) is 0 Å². The van der Waals surface area contributed by atoms with Crippen LogP contribution in [-0.4, -0.2) is 71.2 Å². The molecule has 8 heteroatoms. The Morgan fingerprint density at radius 3 is 2.44 bits per heavy atom. The first-order valence-corrected chi connectivity index (χ1v) is 12.4. The van der Waals surface area contributed by atoms with E-state index in [0.717, 1.165) is 44.3 Å². The van der Waals surface area contributed by atoms with E-state index in [2.05, 4.69) is 45.2 Å². The van der Waals surface area contributed by atoms with Crippen LogP contribution in [0.25, 0.3) is 0 Å². The van der Waals surface area contributed by atoms with Gasteiger partial charge in [-0.3, -0.25) is 9.59 Å². The van der Waals surface area contributed by atoms with E-state index >= 15 is 0 Å². The van der Waals surface area contributed by atoms with Gasteiger partial charge in [-0.25, -0.2) is 4.98 Å². The van der Waals surface area contributed by atoms with Gasteiger partial charge >= 0.3 is 0 Å². The summed E-state index contributed by atoms with van der Waals surface area (Å²) >= 11 is 0. The zero-order valence-corrected chi connectivity index (χ0v) is 20.2. The number of nitrogens with one attached hydrogen (secondary N) is 3. The fourth-order valence-electron chi connectivity index (χ4n) is 5.27. The summed E-state index contributed by atoms with van der Waals surface area (Å²) in [5, 5.41) is 20.2. The second kappa shape index (κ2) is 11.1. The number of pyridine rings is 1. The van der Waals surface area contributed by atoms with Gasteiger partial charge in [0.05, 0.1) is 6.10 Å². The van der Waals surface area contributed by atoms with Crippen molar-refractivity contribution in [1.29, 1.82) is 0 Å². The molecule has 4 N–H and O–H groups in total. The van der Waals surface area contributed by atoms with E-state index in [-0.39, 0.29) is 24.4 Å². The molecule has 1 aliphatic heterocycles. The van der Waals surface area contributed by atoms with Crippen LogP contribution >= 0.6 is 0 Å². The van der Waals surface area contributed by atoms with Gasteiger partial charge in [0, 0.05) is 62.5 Å². The number of fused-ring (bicyclic) bond motifs is 1. The fourth-order valence-corrected chi connectivity index (χ4v) is 5.27. The number of anilines is 1. The summed E-state index contributed by atoms with van der Waals surface area (Å²) in [4.78, 5) is 30.6. The molecule has 0 spiro atoms. The van der Waals surface area contributed by atoms with Crippen molar-refractivity contribution in [2.75, 3.05) is 31.5 Å². The summed E-state index contributed by atoms with van der Waals surface area (Å²) in [7, 11) is 0. The van der Waals surface area contributed by atoms with Crippen LogP contribution in [0, 0.1) is 18.8 Å². The molecule has 2 unspecified atom stereocenters. The SMILES string of the molecule is CC(=O)N1CCC(Nc2nccc(C(=O)NC[C@@H](O)CNC3CC4C=CC=CC4C3)c2C)CC1. The maximum atomic E-state index is 12.8. The molecule has 0 radical (unpaired) electrons. The van der Waals surface area contributed by atoms with Crippen LogP contribution in [0.15, 0.2) is 36.6 Å². The minimum atomic E-state index is -0.649. The molecular formula is C26H37N5O3. The molecule has 8 nitrogen and oxygen atoms in total. The first kappa shape index (κ1) is 24.4. The number of rotatable bonds is 8. The lowest BCUT2D eigenvalue weighted by molar-refractivity contribution is -0.129. The van der Waals surface area contributed by atoms with Crippen molar-refractivity contribution >= 4 is 17.6 Å². The van der Waals surface area contributed by atoms with Gasteiger partial charge in [0.25, 0.3) is 5.91 Å². The third-order valence-corrected chi connectivity index (χ3v) is 7.36. The minimum Gasteiger partial charge on any atom is -0.390 e. The van der Waals surface area contributed by atoms with Crippen molar-refractivity contribution in [2.24, 2.45) is 11.8 Å². The number of allylic oxidation sites excluding steroid dienone is 4. The van der Waals surface area contributed by atoms with Gasteiger partial charge in [0.1, 0.15) is 5.82 Å². The number of hydrogen-bond donors (Lipinski definition) is 4. The summed E-state index contributed by atoms with van der Waals surface area (Å²) in [6, 6.07) is 2.32. The van der Waals surface area contributed by atoms with Gasteiger partial charge < -0.3 is 26.0 Å². The normalized spacial score (nSPS) is 25.1. The summed E-state index contributed by atoms with van der Waals surface area (Å²) in [6.07, 6.45) is 13.7. The number of aliphatic hydroxyl groups is 1. The molecule has 2 aliphatic carbocycles. The Bertz CT molecular complexity index is 918. The van der Waals surface area contributed by atoms with Gasteiger partial charge in [-0.1, -0.05) is 24.3 Å². The Kier molecular flexibility index (Phi) is 8.00. The predicted molar refractivity (Wildman–Crippen MR) is 132 cm³/mol. The molecule has 34 heavy (non-hydrogen) atoms. The smallest absolute Gasteiger partial charge is 0.251 e. The van der Waals surface area contributed by atoms with Gasteiger partial charge in [0.15, 0.2) is 0 Å². The second-order valence-corrected chi connectivity index (χ2v) is 9.79. The van der Waals surface area contributed by atoms with E-state index in [1.54, 1.807) is 19.2 Å². The molecule has 1 aromatic heterocycles. The summed E-state index contributed by atoms with van der Waals surface area (Å²) in [5.74, 6) is 1.79. The van der Waals surface area contributed by atoms with Crippen molar-refractivity contribution in [2.45, 2.75) is 57.7 Å². The zero-order chi connectivity index (χ0) is 24.1. The van der Waals surface area contributed by atoms with Crippen LogP contribution in [0.5, 0.6) is 0 Å². The van der Waals surface area contributed by atoms with E-state index in [1.807, 2.05) is 11.8 Å². The van der Waals surface area contributed by atoms with Gasteiger partial charge in [-0.15, -0.1) is 0 Å². The Morgan fingerprint density at radius 1 is 1.12 bits per heavy atom. The lowest BCUT2D eigenvalue weighted by Crippen LogP contribution is -2.42. The van der Waals surface area contributed by atoms with Crippen molar-refractivity contribution in [3.05, 3.63) is 47.7 Å². The molecule has 2 amide bonds. The zero-order valence-electron chi connectivity index (χ0n) is 20.2. The van der Waals surface area contributed by atoms with E-state index < -0.39 is 6.10 Å². The number of aromatic nitrogens is 1. The highest BCUT2D eigenvalue weighted by Gasteiger charge is 2.31. The van der Waals surface area contributed by atoms with Crippen LogP contribution in [0.1, 0.15) is 48.5 Å². The monoisotopic (exact) mass is 467 g/mol. The average molecular weight is 468 g/mol. The van der Waals surface area contributed by atoms with Crippen LogP contribution in [0.4, 0.5) is 5.82 Å². The first-order valence-electron chi connectivity index (χ1n) is 12.4. The summed E-state index contributed by atoms with van der Waals surface area (Å²) < 4.78 is 0. The molecule has 184 valence electrons. The lowest BCUT2D eigenvalue weighted by Gasteiger charge is -2.32. The molecule has 3 aliphatic rings. The van der Waals surface area contributed by atoms with Gasteiger partial charge in [0.2, 0.25) is 5.91 Å². The van der Waals surface area contributed by atoms with E-state index in [4.69, 9.17) is 0 Å². The summed E-state index contributed by atoms with van der Waals surface area (Å²) in [6.45, 7) is 5.60. The third-order valence-electron chi connectivity index (χ3n) is 7.36. The number of nitrogens with zero attached hydrogens (tertiary/aromatic N) is 2. The topological polar surface area (TPSA) is 107 Å². The van der Waals surface area contributed by atoms with Crippen LogP contribution < -0.4 is 16.0 Å². The van der Waals surface area contributed by atoms with E-state index in [0.29, 0.717) is 35.8 Å². The molecule has 3 atom stereocenters. The number of amides is 2. The highest BCUT2D eigenvalue weighted by atomic mass is 16.3. The largest absolute Gasteiger partial charge is 0.390 e. The Hall–Kier alpha value is -2.71. The van der Waals surface area contributed by atoms with E-state index in [9.17, 15) is 14.7 Å². The quantitative estimate of drug-likeness (QED) is 0.466. The van der Waals surface area contributed by atoms with Crippen LogP contribution in [0.2, 0.25) is 0 Å². The summed E-state index contributed by atoms with van der Waals surface area (Å²) in [5.41, 5.74) is 1.34. The molecule has 1 aromatic rings. The number of carbonyl (C=O) groups excluding carboxylic acids is 2. The lowest BCUT2D eigenvalue weighted by atomic mass is 9.92. The third kappa shape index (κ3) is 6.04. The highest BCUT2D eigenvalue weighted by Crippen LogP contribution is 2.35. The number of hydrogen-bond acceptors (Lipinski definition) is 6. The Morgan fingerprint density at radius 2 is 1.79 bits per heavy atom. The highest BCUT2D eigenvalue weighted by molar-refractivity contribution is 5.96. The molecule has 0 aromatic carbocycles. The molecule has 2 heterocycles. The average Bonchev–Trinajstić information content (AvgIpc) is 3.26. The molecule has 0 bridgehead atoms. The predicted octanol–water partition coefficient (Wildman–Crippen LogP) is 2.01. The second-order valence-electron chi connectivity index (χ2n) is 9.79. The number of likely N-dealkylation sites (tertiary alicyclic amines) is 1. The molecule has 2 fully saturated rings.